The molecule has 6 aromatic heterocycles. The maximum absolute atomic E-state index is 5.89. The van der Waals surface area contributed by atoms with E-state index in [2.05, 4.69) is 47.6 Å². The van der Waals surface area contributed by atoms with Crippen LogP contribution in [0.5, 0.6) is 0 Å². The molecule has 0 saturated heterocycles. The number of nitrogens with one attached hydrogen (secondary N) is 2. The van der Waals surface area contributed by atoms with Crippen LogP contribution in [0.2, 0.25) is 0 Å². The zero-order chi connectivity index (χ0) is 20.1. The Morgan fingerprint density at radius 1 is 0.900 bits per heavy atom. The maximum atomic E-state index is 5.89. The second-order valence-electron chi connectivity index (χ2n) is 6.98. The van der Waals surface area contributed by atoms with Gasteiger partial charge < -0.3 is 10.7 Å². The summed E-state index contributed by atoms with van der Waals surface area (Å²) in [6, 6.07) is 12.1. The van der Waals surface area contributed by atoms with Gasteiger partial charge in [0, 0.05) is 40.4 Å². The van der Waals surface area contributed by atoms with Crippen molar-refractivity contribution in [1.82, 2.24) is 30.1 Å². The molecule has 0 amide bonds. The first-order chi connectivity index (χ1) is 14.8. The number of hydrogen-bond donors (Lipinski definition) is 3. The van der Waals surface area contributed by atoms with Gasteiger partial charge in [0.05, 0.1) is 39.4 Å². The molecular formula is C22H15N7S. The highest BCUT2D eigenvalue weighted by Gasteiger charge is 2.15. The van der Waals surface area contributed by atoms with E-state index >= 15 is 0 Å². The zero-order valence-electron chi connectivity index (χ0n) is 15.6. The Hall–Kier alpha value is -4.04. The Bertz CT molecular complexity index is 1510. The van der Waals surface area contributed by atoms with E-state index < -0.39 is 0 Å². The summed E-state index contributed by atoms with van der Waals surface area (Å²) in [6.45, 7) is 0. The van der Waals surface area contributed by atoms with Crippen molar-refractivity contribution in [2.24, 2.45) is 0 Å². The van der Waals surface area contributed by atoms with Gasteiger partial charge in [0.1, 0.15) is 5.69 Å². The minimum atomic E-state index is 0.603. The quantitative estimate of drug-likeness (QED) is 0.386. The van der Waals surface area contributed by atoms with Gasteiger partial charge in [-0.1, -0.05) is 6.07 Å². The Labute approximate surface area is 174 Å². The minimum absolute atomic E-state index is 0.603. The standard InChI is InChI=1S/C22H15N7S/c23-13-6-12(9-24-10-13)17-7-15-19(11-26-17)28-29-21(15)18-8-14-16(27-18)3-4-25-22(14)20-2-1-5-30-20/h1-11,27H,23H2,(H,28,29). The van der Waals surface area contributed by atoms with Crippen LogP contribution >= 0.6 is 11.3 Å². The number of nitrogens with zero attached hydrogens (tertiary/aromatic N) is 4. The number of aromatic nitrogens is 6. The van der Waals surface area contributed by atoms with E-state index in [1.807, 2.05) is 30.5 Å². The number of rotatable bonds is 3. The van der Waals surface area contributed by atoms with Crippen LogP contribution in [0.4, 0.5) is 5.69 Å². The van der Waals surface area contributed by atoms with Crippen LogP contribution in [-0.4, -0.2) is 30.1 Å². The molecule has 0 bridgehead atoms. The number of anilines is 1. The molecular weight excluding hydrogens is 394 g/mol. The molecule has 4 N–H and O–H groups in total. The highest BCUT2D eigenvalue weighted by molar-refractivity contribution is 7.13. The highest BCUT2D eigenvalue weighted by Crippen LogP contribution is 2.35. The Balaban J connectivity index is 1.52. The van der Waals surface area contributed by atoms with Gasteiger partial charge in [-0.2, -0.15) is 5.10 Å². The molecule has 0 unspecified atom stereocenters. The van der Waals surface area contributed by atoms with Crippen LogP contribution in [0.1, 0.15) is 0 Å². The van der Waals surface area contributed by atoms with Crippen LogP contribution in [0.25, 0.3) is 55.0 Å². The normalized spacial score (nSPS) is 11.5. The van der Waals surface area contributed by atoms with E-state index in [1.54, 1.807) is 29.9 Å². The van der Waals surface area contributed by atoms with Gasteiger partial charge in [0.2, 0.25) is 0 Å². The number of thiophene rings is 1. The summed E-state index contributed by atoms with van der Waals surface area (Å²) in [6.07, 6.45) is 6.99. The molecule has 7 nitrogen and oxygen atoms in total. The van der Waals surface area contributed by atoms with Gasteiger partial charge >= 0.3 is 0 Å². The van der Waals surface area contributed by atoms with Crippen molar-refractivity contribution in [3.05, 3.63) is 66.6 Å². The molecule has 144 valence electrons. The molecule has 8 heteroatoms. The molecule has 0 atom stereocenters. The lowest BCUT2D eigenvalue weighted by atomic mass is 10.1. The van der Waals surface area contributed by atoms with E-state index in [1.165, 1.54) is 0 Å². The topological polar surface area (TPSA) is 109 Å². The van der Waals surface area contributed by atoms with Gasteiger partial charge in [0.25, 0.3) is 0 Å². The average Bonchev–Trinajstić information content (AvgIpc) is 3.51. The van der Waals surface area contributed by atoms with Crippen molar-refractivity contribution in [2.75, 3.05) is 5.73 Å². The van der Waals surface area contributed by atoms with E-state index in [-0.39, 0.29) is 0 Å². The molecule has 0 aliphatic carbocycles. The number of aromatic amines is 2. The van der Waals surface area contributed by atoms with Crippen molar-refractivity contribution in [2.45, 2.75) is 0 Å². The van der Waals surface area contributed by atoms with Crippen molar-refractivity contribution in [3.63, 3.8) is 0 Å². The molecule has 6 aromatic rings. The second kappa shape index (κ2) is 6.50. The largest absolute Gasteiger partial charge is 0.397 e. The fraction of sp³-hybridized carbons (Fsp3) is 0. The van der Waals surface area contributed by atoms with Crippen molar-refractivity contribution < 1.29 is 0 Å². The van der Waals surface area contributed by atoms with Crippen LogP contribution in [0.3, 0.4) is 0 Å². The molecule has 30 heavy (non-hydrogen) atoms. The predicted octanol–water partition coefficient (Wildman–Crippen LogP) is 4.87. The molecule has 0 saturated carbocycles. The third-order valence-electron chi connectivity index (χ3n) is 5.06. The monoisotopic (exact) mass is 409 g/mol. The summed E-state index contributed by atoms with van der Waals surface area (Å²) in [5.74, 6) is 0. The van der Waals surface area contributed by atoms with Crippen LogP contribution in [0.15, 0.2) is 66.6 Å². The molecule has 0 aliphatic rings. The summed E-state index contributed by atoms with van der Waals surface area (Å²) in [7, 11) is 0. The molecule has 6 rings (SSSR count). The first-order valence-corrected chi connectivity index (χ1v) is 10.2. The molecule has 0 aromatic carbocycles. The Kier molecular flexibility index (Phi) is 3.65. The summed E-state index contributed by atoms with van der Waals surface area (Å²) in [5, 5.41) is 11.7. The lowest BCUT2D eigenvalue weighted by molar-refractivity contribution is 1.11. The molecule has 0 fully saturated rings. The van der Waals surface area contributed by atoms with Crippen molar-refractivity contribution in [3.8, 4) is 33.2 Å². The maximum Gasteiger partial charge on any atom is 0.116 e. The van der Waals surface area contributed by atoms with E-state index in [0.717, 1.165) is 55.0 Å². The van der Waals surface area contributed by atoms with Crippen molar-refractivity contribution in [1.29, 1.82) is 0 Å². The summed E-state index contributed by atoms with van der Waals surface area (Å²) < 4.78 is 0. The molecule has 0 radical (unpaired) electrons. The Morgan fingerprint density at radius 2 is 1.83 bits per heavy atom. The van der Waals surface area contributed by atoms with Gasteiger partial charge in [-0.15, -0.1) is 11.3 Å². The number of H-pyrrole nitrogens is 2. The summed E-state index contributed by atoms with van der Waals surface area (Å²) in [4.78, 5) is 17.9. The lowest BCUT2D eigenvalue weighted by Crippen LogP contribution is -1.89. The molecule has 0 spiro atoms. The van der Waals surface area contributed by atoms with E-state index in [4.69, 9.17) is 5.73 Å². The van der Waals surface area contributed by atoms with Crippen LogP contribution < -0.4 is 5.73 Å². The Morgan fingerprint density at radius 3 is 2.70 bits per heavy atom. The third-order valence-corrected chi connectivity index (χ3v) is 5.94. The first kappa shape index (κ1) is 16.9. The van der Waals surface area contributed by atoms with Crippen LogP contribution in [-0.2, 0) is 0 Å². The fourth-order valence-electron chi connectivity index (χ4n) is 3.67. The number of pyridine rings is 3. The average molecular weight is 409 g/mol. The minimum Gasteiger partial charge on any atom is -0.397 e. The molecule has 0 aliphatic heterocycles. The van der Waals surface area contributed by atoms with Gasteiger partial charge in [-0.3, -0.25) is 20.1 Å². The second-order valence-corrected chi connectivity index (χ2v) is 7.92. The summed E-state index contributed by atoms with van der Waals surface area (Å²) >= 11 is 1.68. The predicted molar refractivity (Wildman–Crippen MR) is 120 cm³/mol. The summed E-state index contributed by atoms with van der Waals surface area (Å²) in [5.41, 5.74) is 12.8. The fourth-order valence-corrected chi connectivity index (χ4v) is 4.40. The lowest BCUT2D eigenvalue weighted by Gasteiger charge is -2.02. The smallest absolute Gasteiger partial charge is 0.116 e. The third kappa shape index (κ3) is 2.66. The number of hydrogen-bond acceptors (Lipinski definition) is 6. The van der Waals surface area contributed by atoms with Gasteiger partial charge in [-0.05, 0) is 35.7 Å². The number of nitrogens with two attached hydrogens (primary N) is 1. The van der Waals surface area contributed by atoms with Gasteiger partial charge in [-0.25, -0.2) is 0 Å². The zero-order valence-corrected chi connectivity index (χ0v) is 16.4. The van der Waals surface area contributed by atoms with Crippen molar-refractivity contribution >= 4 is 38.8 Å². The first-order valence-electron chi connectivity index (χ1n) is 9.33. The highest BCUT2D eigenvalue weighted by atomic mass is 32.1. The molecule has 6 heterocycles. The van der Waals surface area contributed by atoms with E-state index in [0.29, 0.717) is 5.69 Å². The van der Waals surface area contributed by atoms with Crippen LogP contribution in [0, 0.1) is 0 Å². The number of fused-ring (bicyclic) bond motifs is 2. The number of nitrogen functional groups attached to an aromatic ring is 1. The van der Waals surface area contributed by atoms with Gasteiger partial charge in [0.15, 0.2) is 0 Å². The van der Waals surface area contributed by atoms with E-state index in [9.17, 15) is 0 Å². The SMILES string of the molecule is Nc1cncc(-c2cc3c(-c4cc5c(-c6cccs6)nccc5[nH]4)n[nH]c3cn2)c1.